The Hall–Kier alpha value is -0.0151. The molecule has 0 amide bonds. The molecule has 1 aliphatic rings. The maximum atomic E-state index is 9.20. The van der Waals surface area contributed by atoms with E-state index in [1.165, 1.54) is 0 Å². The zero-order valence-corrected chi connectivity index (χ0v) is 5.75. The van der Waals surface area contributed by atoms with E-state index < -0.39 is 0 Å². The molecule has 0 bridgehead atoms. The second-order valence-corrected chi connectivity index (χ2v) is 2.97. The van der Waals surface area contributed by atoms with Crippen molar-refractivity contribution in [2.45, 2.75) is 24.8 Å². The highest BCUT2D eigenvalue weighted by atomic mass is 16.3. The van der Waals surface area contributed by atoms with Crippen LogP contribution < -0.4 is 0 Å². The van der Waals surface area contributed by atoms with Gasteiger partial charge in [0.15, 0.2) is 0 Å². The monoisotopic (exact) mass is 128 g/mol. The molecule has 0 heterocycles. The summed E-state index contributed by atoms with van der Waals surface area (Å²) in [7, 11) is 2.08. The van der Waals surface area contributed by atoms with E-state index in [4.69, 9.17) is 5.11 Å². The minimum atomic E-state index is -0.245. The molecule has 0 aromatic heterocycles. The van der Waals surface area contributed by atoms with Crippen molar-refractivity contribution in [3.63, 3.8) is 0 Å². The summed E-state index contributed by atoms with van der Waals surface area (Å²) in [5.41, 5.74) is 0. The second kappa shape index (κ2) is 2.71. The Kier molecular flexibility index (Phi) is 2.14. The van der Waals surface area contributed by atoms with Gasteiger partial charge in [0.1, 0.15) is 7.85 Å². The average Bonchev–Trinajstić information content (AvgIpc) is 2.12. The maximum Gasteiger partial charge on any atom is 0.105 e. The average molecular weight is 128 g/mol. The first-order chi connectivity index (χ1) is 4.25. The van der Waals surface area contributed by atoms with Crippen LogP contribution in [-0.2, 0) is 0 Å². The van der Waals surface area contributed by atoms with Crippen LogP contribution in [0, 0.1) is 5.92 Å². The fraction of sp³-hybridized carbons (Fsp3) is 1.00. The summed E-state index contributed by atoms with van der Waals surface area (Å²) in [6.45, 7) is 0.141. The molecule has 1 saturated carbocycles. The van der Waals surface area contributed by atoms with E-state index in [2.05, 4.69) is 7.85 Å². The molecule has 52 valence electrons. The summed E-state index contributed by atoms with van der Waals surface area (Å²) in [5.74, 6) is 0.648. The van der Waals surface area contributed by atoms with Gasteiger partial charge in [0.2, 0.25) is 0 Å². The molecule has 2 N–H and O–H groups in total. The molecule has 3 unspecified atom stereocenters. The molecule has 3 heteroatoms. The molecule has 9 heavy (non-hydrogen) atoms. The molecular weight excluding hydrogens is 115 g/mol. The van der Waals surface area contributed by atoms with E-state index in [0.29, 0.717) is 5.82 Å². The van der Waals surface area contributed by atoms with E-state index in [1.54, 1.807) is 0 Å². The highest BCUT2D eigenvalue weighted by Gasteiger charge is 2.30. The zero-order chi connectivity index (χ0) is 6.85. The van der Waals surface area contributed by atoms with Gasteiger partial charge in [-0.2, -0.15) is 0 Å². The van der Waals surface area contributed by atoms with Gasteiger partial charge in [-0.05, 0) is 6.42 Å². The summed E-state index contributed by atoms with van der Waals surface area (Å²) >= 11 is 0. The smallest absolute Gasteiger partial charge is 0.105 e. The lowest BCUT2D eigenvalue weighted by atomic mass is 9.79. The van der Waals surface area contributed by atoms with Crippen molar-refractivity contribution in [1.29, 1.82) is 0 Å². The third kappa shape index (κ3) is 1.27. The third-order valence-corrected chi connectivity index (χ3v) is 2.35. The first-order valence-corrected chi connectivity index (χ1v) is 3.54. The van der Waals surface area contributed by atoms with Crippen LogP contribution in [0.2, 0.25) is 5.82 Å². The fourth-order valence-electron chi connectivity index (χ4n) is 1.54. The molecule has 1 rings (SSSR count). The van der Waals surface area contributed by atoms with Gasteiger partial charge in [0, 0.05) is 12.5 Å². The van der Waals surface area contributed by atoms with Gasteiger partial charge < -0.3 is 10.2 Å². The largest absolute Gasteiger partial charge is 0.396 e. The Morgan fingerprint density at radius 1 is 1.44 bits per heavy atom. The first kappa shape index (κ1) is 7.10. The molecule has 0 aromatic rings. The van der Waals surface area contributed by atoms with Crippen LogP contribution in [0.4, 0.5) is 0 Å². The standard InChI is InChI=1S/C6H13BO2/c7-5-1-2-6(9)4(5)3-8/h4-6,8-9H,1-3,7H2. The van der Waals surface area contributed by atoms with Crippen molar-refractivity contribution in [2.24, 2.45) is 5.92 Å². The predicted molar refractivity (Wildman–Crippen MR) is 38.1 cm³/mol. The Labute approximate surface area is 56.3 Å². The first-order valence-electron chi connectivity index (χ1n) is 3.54. The molecule has 2 nitrogen and oxygen atoms in total. The molecular formula is C6H13BO2. The van der Waals surface area contributed by atoms with E-state index in [-0.39, 0.29) is 18.6 Å². The topological polar surface area (TPSA) is 40.5 Å². The normalized spacial score (nSPS) is 43.6. The van der Waals surface area contributed by atoms with Crippen molar-refractivity contribution in [1.82, 2.24) is 0 Å². The van der Waals surface area contributed by atoms with Crippen LogP contribution >= 0.6 is 0 Å². The molecule has 1 aliphatic carbocycles. The second-order valence-electron chi connectivity index (χ2n) is 2.97. The zero-order valence-electron chi connectivity index (χ0n) is 5.75. The highest BCUT2D eigenvalue weighted by molar-refractivity contribution is 6.12. The van der Waals surface area contributed by atoms with E-state index >= 15 is 0 Å². The third-order valence-electron chi connectivity index (χ3n) is 2.35. The van der Waals surface area contributed by atoms with Gasteiger partial charge in [-0.25, -0.2) is 0 Å². The molecule has 0 spiro atoms. The SMILES string of the molecule is BC1CCC(O)C1CO. The number of aliphatic hydroxyl groups excluding tert-OH is 2. The number of aliphatic hydroxyl groups is 2. The highest BCUT2D eigenvalue weighted by Crippen LogP contribution is 2.33. The van der Waals surface area contributed by atoms with Crippen LogP contribution in [0.25, 0.3) is 0 Å². The Bertz CT molecular complexity index is 87.1. The summed E-state index contributed by atoms with van der Waals surface area (Å²) in [6.07, 6.45) is 1.68. The summed E-state index contributed by atoms with van der Waals surface area (Å²) in [5, 5.41) is 17.9. The van der Waals surface area contributed by atoms with E-state index in [9.17, 15) is 5.11 Å². The van der Waals surface area contributed by atoms with Crippen LogP contribution in [-0.4, -0.2) is 30.8 Å². The quantitative estimate of drug-likeness (QED) is 0.452. The summed E-state index contributed by atoms with van der Waals surface area (Å²) in [6, 6.07) is 0. The van der Waals surface area contributed by atoms with Gasteiger partial charge in [-0.15, -0.1) is 0 Å². The molecule has 0 radical (unpaired) electrons. The summed E-state index contributed by atoms with van der Waals surface area (Å²) in [4.78, 5) is 0. The Morgan fingerprint density at radius 3 is 2.33 bits per heavy atom. The van der Waals surface area contributed by atoms with Crippen molar-refractivity contribution in [3.05, 3.63) is 0 Å². The molecule has 0 aliphatic heterocycles. The fourth-order valence-corrected chi connectivity index (χ4v) is 1.54. The van der Waals surface area contributed by atoms with Crippen molar-refractivity contribution < 1.29 is 10.2 Å². The lowest BCUT2D eigenvalue weighted by Crippen LogP contribution is -2.19. The Balaban J connectivity index is 2.44. The van der Waals surface area contributed by atoms with Gasteiger partial charge in [0.05, 0.1) is 6.10 Å². The van der Waals surface area contributed by atoms with Crippen molar-refractivity contribution in [2.75, 3.05) is 6.61 Å². The number of hydrogen-bond donors (Lipinski definition) is 2. The van der Waals surface area contributed by atoms with E-state index in [0.717, 1.165) is 12.8 Å². The van der Waals surface area contributed by atoms with Crippen molar-refractivity contribution >= 4 is 7.85 Å². The minimum absolute atomic E-state index is 0.141. The maximum absolute atomic E-state index is 9.20. The Morgan fingerprint density at radius 2 is 2.11 bits per heavy atom. The van der Waals surface area contributed by atoms with Crippen LogP contribution in [0.3, 0.4) is 0 Å². The van der Waals surface area contributed by atoms with Crippen LogP contribution in [0.15, 0.2) is 0 Å². The number of rotatable bonds is 1. The summed E-state index contributed by atoms with van der Waals surface area (Å²) < 4.78 is 0. The van der Waals surface area contributed by atoms with Crippen LogP contribution in [0.1, 0.15) is 12.8 Å². The molecule has 0 saturated heterocycles. The van der Waals surface area contributed by atoms with Gasteiger partial charge in [-0.1, -0.05) is 12.2 Å². The van der Waals surface area contributed by atoms with Gasteiger partial charge in [-0.3, -0.25) is 0 Å². The lowest BCUT2D eigenvalue weighted by Gasteiger charge is -2.14. The predicted octanol–water partition coefficient (Wildman–Crippen LogP) is -0.829. The van der Waals surface area contributed by atoms with Gasteiger partial charge in [0.25, 0.3) is 0 Å². The number of hydrogen-bond acceptors (Lipinski definition) is 2. The molecule has 3 atom stereocenters. The molecule has 0 aromatic carbocycles. The van der Waals surface area contributed by atoms with E-state index in [1.807, 2.05) is 0 Å². The minimum Gasteiger partial charge on any atom is -0.396 e. The lowest BCUT2D eigenvalue weighted by molar-refractivity contribution is 0.0912. The van der Waals surface area contributed by atoms with Crippen LogP contribution in [0.5, 0.6) is 0 Å². The van der Waals surface area contributed by atoms with Gasteiger partial charge >= 0.3 is 0 Å². The molecule has 1 fully saturated rings. The van der Waals surface area contributed by atoms with Crippen molar-refractivity contribution in [3.8, 4) is 0 Å².